The van der Waals surface area contributed by atoms with Gasteiger partial charge in [-0.1, -0.05) is 34.6 Å². The number of thioether (sulfide) groups is 1. The molecule has 0 fully saturated rings. The van der Waals surface area contributed by atoms with E-state index >= 15 is 0 Å². The van der Waals surface area contributed by atoms with Crippen LogP contribution in [-0.4, -0.2) is 33.3 Å². The molecular weight excluding hydrogens is 345 g/mol. The molecule has 0 saturated heterocycles. The van der Waals surface area contributed by atoms with Crippen LogP contribution in [0.25, 0.3) is 0 Å². The summed E-state index contributed by atoms with van der Waals surface area (Å²) in [7, 11) is 0. The molecule has 8 heteroatoms. The van der Waals surface area contributed by atoms with Crippen LogP contribution in [0.4, 0.5) is 4.39 Å². The van der Waals surface area contributed by atoms with Gasteiger partial charge in [0, 0.05) is 16.8 Å². The van der Waals surface area contributed by atoms with Gasteiger partial charge < -0.3 is 5.32 Å². The van der Waals surface area contributed by atoms with Crippen LogP contribution in [0, 0.1) is 5.82 Å². The van der Waals surface area contributed by atoms with E-state index in [0.29, 0.717) is 5.75 Å². The number of hydrogen-bond acceptors (Lipinski definition) is 5. The summed E-state index contributed by atoms with van der Waals surface area (Å²) in [6.45, 7) is 4.51. The van der Waals surface area contributed by atoms with E-state index in [4.69, 9.17) is 0 Å². The van der Waals surface area contributed by atoms with Crippen molar-refractivity contribution in [1.82, 2.24) is 25.5 Å². The Morgan fingerprint density at radius 2 is 2.25 bits per heavy atom. The normalized spacial score (nSPS) is 10.9. The number of benzene rings is 1. The highest BCUT2D eigenvalue weighted by molar-refractivity contribution is 9.10. The number of hydrogen-bond donors (Lipinski definition) is 1. The number of likely N-dealkylation sites (N-methyl/N-ethyl adjacent to an activating group) is 1. The van der Waals surface area contributed by atoms with Crippen molar-refractivity contribution in [2.24, 2.45) is 0 Å². The molecule has 0 aliphatic heterocycles. The van der Waals surface area contributed by atoms with E-state index in [9.17, 15) is 4.39 Å². The Labute approximate surface area is 129 Å². The Kier molecular flexibility index (Phi) is 5.93. The molecular formula is C12H15BrFN5S. The van der Waals surface area contributed by atoms with Gasteiger partial charge in [-0.15, -0.1) is 5.10 Å². The Balaban J connectivity index is 1.95. The predicted octanol–water partition coefficient (Wildman–Crippen LogP) is 2.48. The molecule has 0 atom stereocenters. The van der Waals surface area contributed by atoms with Crippen LogP contribution in [0.2, 0.25) is 0 Å². The minimum atomic E-state index is -0.248. The molecule has 2 rings (SSSR count). The monoisotopic (exact) mass is 359 g/mol. The fourth-order valence-electron chi connectivity index (χ4n) is 1.64. The first-order chi connectivity index (χ1) is 9.69. The SMILES string of the molecule is CCNCCn1nnnc1SCc1cc(F)cc(Br)c1. The number of aromatic nitrogens is 4. The van der Waals surface area contributed by atoms with Crippen LogP contribution < -0.4 is 5.32 Å². The maximum atomic E-state index is 13.3. The Morgan fingerprint density at radius 3 is 3.00 bits per heavy atom. The zero-order valence-corrected chi connectivity index (χ0v) is 13.4. The number of nitrogens with zero attached hydrogens (tertiary/aromatic N) is 4. The average molecular weight is 360 g/mol. The fraction of sp³-hybridized carbons (Fsp3) is 0.417. The summed E-state index contributed by atoms with van der Waals surface area (Å²) >= 11 is 4.78. The number of nitrogens with one attached hydrogen (secondary N) is 1. The summed E-state index contributed by atoms with van der Waals surface area (Å²) in [6, 6.07) is 4.85. The third kappa shape index (κ3) is 4.53. The molecule has 1 N–H and O–H groups in total. The maximum Gasteiger partial charge on any atom is 0.209 e. The van der Waals surface area contributed by atoms with Gasteiger partial charge in [0.05, 0.1) is 6.54 Å². The predicted molar refractivity (Wildman–Crippen MR) is 80.0 cm³/mol. The van der Waals surface area contributed by atoms with Crippen molar-refractivity contribution in [1.29, 1.82) is 0 Å². The standard InChI is InChI=1S/C12H15BrFN5S/c1-2-15-3-4-19-12(16-17-18-19)20-8-9-5-10(13)7-11(14)6-9/h5-7,15H,2-4,8H2,1H3. The maximum absolute atomic E-state index is 13.3. The van der Waals surface area contributed by atoms with Gasteiger partial charge in [-0.05, 0) is 40.7 Å². The second kappa shape index (κ2) is 7.70. The minimum Gasteiger partial charge on any atom is -0.315 e. The van der Waals surface area contributed by atoms with Crippen LogP contribution >= 0.6 is 27.7 Å². The zero-order valence-electron chi connectivity index (χ0n) is 11.0. The van der Waals surface area contributed by atoms with Gasteiger partial charge in [-0.25, -0.2) is 9.07 Å². The van der Waals surface area contributed by atoms with Crippen molar-refractivity contribution in [3.05, 3.63) is 34.1 Å². The van der Waals surface area contributed by atoms with Crippen LogP contribution in [0.3, 0.4) is 0 Å². The number of rotatable bonds is 7. The lowest BCUT2D eigenvalue weighted by atomic mass is 10.2. The van der Waals surface area contributed by atoms with Crippen LogP contribution in [0.5, 0.6) is 0 Å². The van der Waals surface area contributed by atoms with Crippen molar-refractivity contribution in [3.8, 4) is 0 Å². The molecule has 0 radical (unpaired) electrons. The molecule has 0 amide bonds. The second-order valence-corrected chi connectivity index (χ2v) is 5.96. The Bertz CT molecular complexity index is 542. The largest absolute Gasteiger partial charge is 0.315 e. The first kappa shape index (κ1) is 15.4. The molecule has 108 valence electrons. The van der Waals surface area contributed by atoms with Gasteiger partial charge in [0.25, 0.3) is 0 Å². The number of tetrazole rings is 1. The highest BCUT2D eigenvalue weighted by Gasteiger charge is 2.07. The quantitative estimate of drug-likeness (QED) is 0.607. The summed E-state index contributed by atoms with van der Waals surface area (Å²) in [5, 5.41) is 15.6. The average Bonchev–Trinajstić information content (AvgIpc) is 2.83. The van der Waals surface area contributed by atoms with Crippen LogP contribution in [0.1, 0.15) is 12.5 Å². The molecule has 1 heterocycles. The molecule has 0 aliphatic rings. The Morgan fingerprint density at radius 1 is 1.40 bits per heavy atom. The molecule has 0 aliphatic carbocycles. The van der Waals surface area contributed by atoms with Crippen molar-refractivity contribution >= 4 is 27.7 Å². The summed E-state index contributed by atoms with van der Waals surface area (Å²) in [5.41, 5.74) is 0.892. The lowest BCUT2D eigenvalue weighted by molar-refractivity contribution is 0.517. The van der Waals surface area contributed by atoms with Crippen LogP contribution in [-0.2, 0) is 12.3 Å². The lowest BCUT2D eigenvalue weighted by Crippen LogP contribution is -2.20. The van der Waals surface area contributed by atoms with E-state index in [1.165, 1.54) is 23.9 Å². The summed E-state index contributed by atoms with van der Waals surface area (Å²) in [5.74, 6) is 0.375. The van der Waals surface area contributed by atoms with E-state index in [0.717, 1.165) is 34.8 Å². The molecule has 20 heavy (non-hydrogen) atoms. The highest BCUT2D eigenvalue weighted by Crippen LogP contribution is 2.23. The summed E-state index contributed by atoms with van der Waals surface area (Å²) in [4.78, 5) is 0. The van der Waals surface area contributed by atoms with E-state index in [1.54, 1.807) is 4.68 Å². The molecule has 0 spiro atoms. The highest BCUT2D eigenvalue weighted by atomic mass is 79.9. The summed E-state index contributed by atoms with van der Waals surface area (Å²) < 4.78 is 15.8. The topological polar surface area (TPSA) is 55.6 Å². The Hall–Kier alpha value is -0.990. The third-order valence-electron chi connectivity index (χ3n) is 2.54. The minimum absolute atomic E-state index is 0.248. The van der Waals surface area contributed by atoms with Gasteiger partial charge in [0.15, 0.2) is 0 Å². The van der Waals surface area contributed by atoms with Crippen molar-refractivity contribution in [2.45, 2.75) is 24.4 Å². The van der Waals surface area contributed by atoms with E-state index in [1.807, 2.05) is 6.07 Å². The van der Waals surface area contributed by atoms with E-state index < -0.39 is 0 Å². The zero-order chi connectivity index (χ0) is 14.4. The van der Waals surface area contributed by atoms with E-state index in [2.05, 4.69) is 43.7 Å². The smallest absolute Gasteiger partial charge is 0.209 e. The van der Waals surface area contributed by atoms with Crippen LogP contribution in [0.15, 0.2) is 27.8 Å². The molecule has 5 nitrogen and oxygen atoms in total. The van der Waals surface area contributed by atoms with Gasteiger partial charge >= 0.3 is 0 Å². The van der Waals surface area contributed by atoms with Gasteiger partial charge in [-0.2, -0.15) is 0 Å². The summed E-state index contributed by atoms with van der Waals surface area (Å²) in [6.07, 6.45) is 0. The first-order valence-electron chi connectivity index (χ1n) is 6.23. The van der Waals surface area contributed by atoms with Crippen molar-refractivity contribution in [2.75, 3.05) is 13.1 Å². The van der Waals surface area contributed by atoms with Crippen molar-refractivity contribution < 1.29 is 4.39 Å². The third-order valence-corrected chi connectivity index (χ3v) is 4.03. The second-order valence-electron chi connectivity index (χ2n) is 4.10. The number of halogens is 2. The molecule has 0 unspecified atom stereocenters. The molecule has 2 aromatic rings. The molecule has 0 bridgehead atoms. The van der Waals surface area contributed by atoms with Gasteiger partial charge in [0.2, 0.25) is 5.16 Å². The van der Waals surface area contributed by atoms with Crippen molar-refractivity contribution in [3.63, 3.8) is 0 Å². The van der Waals surface area contributed by atoms with Gasteiger partial charge in [0.1, 0.15) is 5.82 Å². The van der Waals surface area contributed by atoms with Gasteiger partial charge in [-0.3, -0.25) is 0 Å². The molecule has 0 saturated carbocycles. The molecule has 1 aromatic heterocycles. The van der Waals surface area contributed by atoms with E-state index in [-0.39, 0.29) is 5.82 Å². The first-order valence-corrected chi connectivity index (χ1v) is 8.01. The lowest BCUT2D eigenvalue weighted by Gasteiger charge is -2.05. The fourth-order valence-corrected chi connectivity index (χ4v) is 2.99. The molecule has 1 aromatic carbocycles.